The summed E-state index contributed by atoms with van der Waals surface area (Å²) in [4.78, 5) is 48.9. The lowest BCUT2D eigenvalue weighted by atomic mass is 9.32. The van der Waals surface area contributed by atoms with E-state index in [2.05, 4.69) is 66.7 Å². The van der Waals surface area contributed by atoms with Crippen LogP contribution in [0.3, 0.4) is 0 Å². The average Bonchev–Trinajstić information content (AvgIpc) is 3.91. The minimum absolute atomic E-state index is 0.0309. The number of ether oxygens (including phenoxy) is 4. The molecule has 3 spiro atoms. The molecule has 11 fully saturated rings. The molecule has 12 heteroatoms. The molecule has 0 unspecified atom stereocenters. The highest BCUT2D eigenvalue weighted by Crippen LogP contribution is 2.84. The quantitative estimate of drug-likeness (QED) is 0.162. The van der Waals surface area contributed by atoms with Crippen LogP contribution in [0.5, 0.6) is 0 Å². The Labute approximate surface area is 431 Å². The maximum absolute atomic E-state index is 16.6. The highest BCUT2D eigenvalue weighted by molar-refractivity contribution is 5.93. The molecule has 6 aliphatic heterocycles. The molecule has 6 aliphatic carbocycles. The zero-order valence-electron chi connectivity index (χ0n) is 43.4. The zero-order valence-corrected chi connectivity index (χ0v) is 43.4. The molecule has 0 radical (unpaired) electrons. The first-order valence-electron chi connectivity index (χ1n) is 29.3. The Balaban J connectivity index is 0.886. The predicted molar refractivity (Wildman–Crippen MR) is 269 cm³/mol. The van der Waals surface area contributed by atoms with Gasteiger partial charge in [-0.05, 0) is 149 Å². The second-order valence-corrected chi connectivity index (χ2v) is 26.6. The Hall–Kier alpha value is -3.55. The number of allylic oxidation sites excluding steroid dienone is 1. The monoisotopic (exact) mass is 1000 g/mol. The molecular formula is C61H80N2O10. The van der Waals surface area contributed by atoms with E-state index in [9.17, 15) is 15.0 Å². The maximum atomic E-state index is 16.6. The van der Waals surface area contributed by atoms with Gasteiger partial charge >= 0.3 is 11.9 Å². The SMILES string of the molecule is C[C@@]12CC[C@@H]3[C@@]45COC(=O)C6(CCCC6)[C@@H]4O[C@](C)(C4CCCCC4)[C@H]5C(=O)[C@@H](O)[C@@]3([C@H]3CCC[C@H](Cc4ccccc4)C3)[C@]13O[C@@H]3C(=O)O[C@H]2c1ccoc1C[C@H](CO)[C@H]1CC[C@H]2[C@H](C=CN3CNC[C@@H]23)C1. The number of cyclic esters (lactones) is 2. The average molecular weight is 1000 g/mol. The molecule has 12 aliphatic rings. The van der Waals surface area contributed by atoms with Crippen molar-refractivity contribution in [3.05, 3.63) is 71.8 Å². The molecule has 1 aromatic heterocycles. The van der Waals surface area contributed by atoms with Gasteiger partial charge in [-0.1, -0.05) is 88.3 Å². The summed E-state index contributed by atoms with van der Waals surface area (Å²) in [6.45, 7) is 6.42. The van der Waals surface area contributed by atoms with Gasteiger partial charge in [0.25, 0.3) is 0 Å². The number of nitrogens with zero attached hydrogens (tertiary/aromatic N) is 1. The molecule has 2 aromatic rings. The van der Waals surface area contributed by atoms with Crippen molar-refractivity contribution in [2.24, 2.45) is 74.9 Å². The molecule has 3 N–H and O–H groups in total. The summed E-state index contributed by atoms with van der Waals surface area (Å²) in [5.41, 5.74) is -3.99. The number of hydrogen-bond acceptors (Lipinski definition) is 12. The second-order valence-electron chi connectivity index (χ2n) is 26.6. The fourth-order valence-corrected chi connectivity index (χ4v) is 20.9. The molecule has 0 bridgehead atoms. The van der Waals surface area contributed by atoms with E-state index in [0.717, 1.165) is 121 Å². The molecular weight excluding hydrogens is 921 g/mol. The van der Waals surface area contributed by atoms with Crippen molar-refractivity contribution in [3.63, 3.8) is 0 Å². The van der Waals surface area contributed by atoms with Crippen LogP contribution in [-0.2, 0) is 46.2 Å². The van der Waals surface area contributed by atoms with Crippen LogP contribution in [0.25, 0.3) is 0 Å². The largest absolute Gasteiger partial charge is 0.469 e. The van der Waals surface area contributed by atoms with Crippen LogP contribution >= 0.6 is 0 Å². The molecule has 12 nitrogen and oxygen atoms in total. The molecule has 6 saturated carbocycles. The number of rotatable bonds is 9. The number of ketones is 1. The fourth-order valence-electron chi connectivity index (χ4n) is 20.9. The number of furan rings is 1. The van der Waals surface area contributed by atoms with E-state index in [1.807, 2.05) is 6.07 Å². The summed E-state index contributed by atoms with van der Waals surface area (Å²) in [6.07, 6.45) is 20.3. The number of esters is 2. The van der Waals surface area contributed by atoms with Crippen molar-refractivity contribution in [3.8, 4) is 0 Å². The number of fused-ring (bicyclic) bond motifs is 5. The summed E-state index contributed by atoms with van der Waals surface area (Å²) in [7, 11) is 0. The maximum Gasteiger partial charge on any atom is 0.339 e. The number of aliphatic hydroxyl groups is 2. The van der Waals surface area contributed by atoms with E-state index in [1.165, 1.54) is 5.56 Å². The molecule has 7 heterocycles. The Morgan fingerprint density at radius 3 is 2.47 bits per heavy atom. The summed E-state index contributed by atoms with van der Waals surface area (Å²) >= 11 is 0. The zero-order chi connectivity index (χ0) is 49.7. The van der Waals surface area contributed by atoms with Crippen molar-refractivity contribution in [2.45, 2.75) is 184 Å². The van der Waals surface area contributed by atoms with Crippen molar-refractivity contribution >= 4 is 17.7 Å². The first-order chi connectivity index (χ1) is 35.4. The van der Waals surface area contributed by atoms with Crippen LogP contribution in [-0.4, -0.2) is 94.8 Å². The Bertz CT molecular complexity index is 2520. The third kappa shape index (κ3) is 6.39. The van der Waals surface area contributed by atoms with Crippen LogP contribution in [0.2, 0.25) is 0 Å². The van der Waals surface area contributed by atoms with E-state index in [0.29, 0.717) is 61.8 Å². The van der Waals surface area contributed by atoms with Gasteiger partial charge in [-0.15, -0.1) is 0 Å². The van der Waals surface area contributed by atoms with Crippen molar-refractivity contribution in [1.29, 1.82) is 0 Å². The molecule has 14 rings (SSSR count). The second kappa shape index (κ2) is 17.2. The Kier molecular flexibility index (Phi) is 11.3. The van der Waals surface area contributed by atoms with Crippen LogP contribution in [0.15, 0.2) is 59.4 Å². The standard InChI is InChI=1S/C61H80N2O10/c1-56-25-20-47-59-34-70-55(68)58(23-9-10-24-58)54(59)73-57(2,41-15-7-4-8-16-41)49(59)48(65)50(66)60(47,42-17-11-14-37(29-42)28-36-12-5-3-6-13-36)61(56)52(72-61)53(67)71-51(56)44-22-27-69-46(44)31-40(33-64)38-18-19-43-39(30-38)21-26-63-35-62-32-45(43)63/h3,5-6,12-13,21-22,26-27,37-43,45,47,49-52,54,62,64,66H,4,7-11,14-20,23-25,28-35H2,1-2H3/t37-,38+,39-,40-,42+,43+,45+,47-,49-,50-,51+,52-,54+,56+,57-,59-,60+,61-/m1/s1. The third-order valence-corrected chi connectivity index (χ3v) is 23.9. The van der Waals surface area contributed by atoms with E-state index in [-0.39, 0.29) is 48.6 Å². The fraction of sp³-hybridized carbons (Fsp3) is 0.754. The topological polar surface area (TPSA) is 160 Å². The van der Waals surface area contributed by atoms with Gasteiger partial charge in [-0.25, -0.2) is 4.79 Å². The minimum atomic E-state index is -1.44. The van der Waals surface area contributed by atoms with Gasteiger partial charge in [0.1, 0.15) is 30.2 Å². The summed E-state index contributed by atoms with van der Waals surface area (Å²) in [5.74, 6) is 0.429. The van der Waals surface area contributed by atoms with Crippen LogP contribution in [0.1, 0.15) is 152 Å². The Morgan fingerprint density at radius 2 is 1.66 bits per heavy atom. The first-order valence-corrected chi connectivity index (χ1v) is 29.3. The van der Waals surface area contributed by atoms with Gasteiger partial charge in [0.05, 0.1) is 36.0 Å². The van der Waals surface area contributed by atoms with Crippen molar-refractivity contribution in [1.82, 2.24) is 10.2 Å². The van der Waals surface area contributed by atoms with E-state index in [1.54, 1.807) is 6.26 Å². The number of Topliss-reactive ketones (excluding diaryl/α,β-unsaturated/α-hetero) is 1. The third-order valence-electron chi connectivity index (χ3n) is 23.9. The van der Waals surface area contributed by atoms with E-state index in [4.69, 9.17) is 23.4 Å². The molecule has 1 aromatic carbocycles. The van der Waals surface area contributed by atoms with Gasteiger partial charge in [0.15, 0.2) is 11.9 Å². The van der Waals surface area contributed by atoms with Crippen molar-refractivity contribution < 1.29 is 48.0 Å². The predicted octanol–water partition coefficient (Wildman–Crippen LogP) is 8.81. The number of nitrogens with one attached hydrogen (secondary N) is 1. The number of benzene rings is 1. The lowest BCUT2D eigenvalue weighted by molar-refractivity contribution is -0.285. The molecule has 394 valence electrons. The van der Waals surface area contributed by atoms with E-state index >= 15 is 9.59 Å². The van der Waals surface area contributed by atoms with Crippen LogP contribution in [0, 0.1) is 74.9 Å². The Morgan fingerprint density at radius 1 is 0.849 bits per heavy atom. The van der Waals surface area contributed by atoms with Crippen LogP contribution < -0.4 is 5.32 Å². The summed E-state index contributed by atoms with van der Waals surface area (Å²) in [5, 5.41) is 28.8. The van der Waals surface area contributed by atoms with Gasteiger partial charge in [-0.2, -0.15) is 0 Å². The molecule has 5 saturated heterocycles. The summed E-state index contributed by atoms with van der Waals surface area (Å²) < 4.78 is 35.1. The first kappa shape index (κ1) is 47.9. The molecule has 0 amide bonds. The van der Waals surface area contributed by atoms with Gasteiger partial charge in [0, 0.05) is 47.4 Å². The lowest BCUT2D eigenvalue weighted by Gasteiger charge is -2.71. The molecule has 73 heavy (non-hydrogen) atoms. The van der Waals surface area contributed by atoms with Crippen LogP contribution in [0.4, 0.5) is 0 Å². The molecule has 18 atom stereocenters. The summed E-state index contributed by atoms with van der Waals surface area (Å²) in [6, 6.07) is 13.2. The lowest BCUT2D eigenvalue weighted by Crippen LogP contribution is -2.80. The van der Waals surface area contributed by atoms with Crippen molar-refractivity contribution in [2.75, 3.05) is 26.4 Å². The minimum Gasteiger partial charge on any atom is -0.469 e. The smallest absolute Gasteiger partial charge is 0.339 e. The van der Waals surface area contributed by atoms with Gasteiger partial charge < -0.3 is 38.5 Å². The number of aliphatic hydroxyl groups excluding tert-OH is 2. The van der Waals surface area contributed by atoms with E-state index < -0.39 is 69.2 Å². The number of epoxide rings is 1. The number of carbonyl (C=O) groups excluding carboxylic acids is 3. The highest BCUT2D eigenvalue weighted by atomic mass is 16.7. The van der Waals surface area contributed by atoms with Gasteiger partial charge in [0.2, 0.25) is 0 Å². The number of hydrogen-bond donors (Lipinski definition) is 3. The highest BCUT2D eigenvalue weighted by Gasteiger charge is 2.94. The van der Waals surface area contributed by atoms with Gasteiger partial charge in [-0.3, -0.25) is 14.9 Å². The number of carbonyl (C=O) groups is 3. The normalized spacial score (nSPS) is 46.8.